The van der Waals surface area contributed by atoms with Crippen molar-refractivity contribution in [2.45, 2.75) is 73.3 Å². The summed E-state index contributed by atoms with van der Waals surface area (Å²) in [5, 5.41) is 3.48. The second-order valence-corrected chi connectivity index (χ2v) is 11.0. The predicted molar refractivity (Wildman–Crippen MR) is 102 cm³/mol. The third kappa shape index (κ3) is 6.00. The van der Waals surface area contributed by atoms with E-state index in [9.17, 15) is 0 Å². The van der Waals surface area contributed by atoms with E-state index in [0.717, 1.165) is 0 Å². The fourth-order valence-electron chi connectivity index (χ4n) is 3.95. The van der Waals surface area contributed by atoms with Crippen molar-refractivity contribution in [2.24, 2.45) is 0 Å². The van der Waals surface area contributed by atoms with Crippen LogP contribution in [0.5, 0.6) is 0 Å². The smallest absolute Gasteiger partial charge is 1.00 e. The summed E-state index contributed by atoms with van der Waals surface area (Å²) in [6.07, 6.45) is 10.1. The fraction of sp³-hybridized carbons (Fsp3) is 0.524. The van der Waals surface area contributed by atoms with E-state index in [2.05, 4.69) is 74.1 Å². The van der Waals surface area contributed by atoms with Gasteiger partial charge in [-0.15, -0.1) is 0 Å². The Labute approximate surface area is 192 Å². The van der Waals surface area contributed by atoms with E-state index in [1.165, 1.54) is 48.4 Å². The molecule has 0 radical (unpaired) electrons. The molecule has 1 aliphatic carbocycles. The zero-order valence-corrected chi connectivity index (χ0v) is 21.9. The Morgan fingerprint density at radius 1 is 0.846 bits per heavy atom. The van der Waals surface area contributed by atoms with Crippen molar-refractivity contribution in [3.05, 3.63) is 49.0 Å². The van der Waals surface area contributed by atoms with Crippen molar-refractivity contribution < 1.29 is 57.7 Å². The van der Waals surface area contributed by atoms with E-state index in [0.29, 0.717) is 0 Å². The summed E-state index contributed by atoms with van der Waals surface area (Å²) < 4.78 is 1.63. The molecule has 0 spiro atoms. The molecular weight excluding hydrogens is 435 g/mol. The topological polar surface area (TPSA) is 0 Å². The minimum absolute atomic E-state index is 0. The Morgan fingerprint density at radius 2 is 1.35 bits per heavy atom. The molecular formula is C21H31Cl3SiTi. The molecule has 2 rings (SSSR count). The van der Waals surface area contributed by atoms with Gasteiger partial charge < -0.3 is 37.2 Å². The first-order valence-corrected chi connectivity index (χ1v) is 11.8. The number of rotatable bonds is 6. The first-order chi connectivity index (χ1) is 10.9. The van der Waals surface area contributed by atoms with Gasteiger partial charge >= 0.3 is 157 Å². The third-order valence-electron chi connectivity index (χ3n) is 5.85. The molecule has 0 fully saturated rings. The van der Waals surface area contributed by atoms with Gasteiger partial charge in [-0.05, 0) is 0 Å². The normalized spacial score (nSPS) is 13.8. The molecule has 1 aromatic carbocycles. The van der Waals surface area contributed by atoms with Crippen LogP contribution in [0.4, 0.5) is 0 Å². The zero-order valence-electron chi connectivity index (χ0n) is 16.9. The summed E-state index contributed by atoms with van der Waals surface area (Å²) in [7, 11) is -1.10. The van der Waals surface area contributed by atoms with E-state index in [-0.39, 0.29) is 37.2 Å². The fourth-order valence-corrected chi connectivity index (χ4v) is 9.08. The first-order valence-electron chi connectivity index (χ1n) is 9.08. The second kappa shape index (κ2) is 12.9. The van der Waals surface area contributed by atoms with Crippen LogP contribution in [0.15, 0.2) is 21.2 Å². The average molecular weight is 466 g/mol. The number of allylic oxidation sites excluding steroid dienone is 4. The van der Waals surface area contributed by atoms with Gasteiger partial charge in [-0.3, -0.25) is 0 Å². The Hall–Kier alpha value is 0.501. The van der Waals surface area contributed by atoms with E-state index in [4.69, 9.17) is 0 Å². The molecule has 0 saturated heterocycles. The van der Waals surface area contributed by atoms with Crippen LogP contribution in [0.1, 0.15) is 60.4 Å². The molecule has 1 unspecified atom stereocenters. The molecule has 26 heavy (non-hydrogen) atoms. The SMILES string of the molecule is CCCCC[SiH](C1=[C]([Ti+3])CC=C1)c1c(C)c(C)c(C)c(C)c1C.[Cl-].[Cl-].[Cl-]. The van der Waals surface area contributed by atoms with E-state index >= 15 is 0 Å². The standard InChI is InChI=1S/C21H31Si.3ClH.Ti/c1-7-8-11-14-22(20-12-9-10-13-20)21-18(5)16(3)15(2)17(4)19(21)6;;;;/h9,12,22H,7-8,10-11,14H2,1-6H3;3*1H;/q;;;;+3/p-3. The molecule has 1 aromatic rings. The number of benzene rings is 1. The van der Waals surface area contributed by atoms with Crippen molar-refractivity contribution >= 4 is 14.0 Å². The number of hydrogen-bond donors (Lipinski definition) is 0. The van der Waals surface area contributed by atoms with Gasteiger partial charge in [0.05, 0.1) is 0 Å². The Morgan fingerprint density at radius 3 is 1.77 bits per heavy atom. The Bertz CT molecular complexity index is 637. The molecule has 0 N–H and O–H groups in total. The van der Waals surface area contributed by atoms with Gasteiger partial charge in [-0.2, -0.15) is 0 Å². The van der Waals surface area contributed by atoms with Gasteiger partial charge in [0, 0.05) is 0 Å². The molecule has 5 heteroatoms. The van der Waals surface area contributed by atoms with Crippen LogP contribution in [0.3, 0.4) is 0 Å². The Kier molecular flexibility index (Phi) is 14.2. The van der Waals surface area contributed by atoms with E-state index in [1.807, 2.05) is 0 Å². The molecule has 1 atom stereocenters. The van der Waals surface area contributed by atoms with Crippen LogP contribution in [-0.2, 0) is 20.4 Å². The molecule has 0 saturated carbocycles. The van der Waals surface area contributed by atoms with Gasteiger partial charge in [0.2, 0.25) is 0 Å². The largest absolute Gasteiger partial charge is 1.00 e. The predicted octanol–water partition coefficient (Wildman–Crippen LogP) is -3.83. The summed E-state index contributed by atoms with van der Waals surface area (Å²) in [6, 6.07) is 1.43. The molecule has 0 bridgehead atoms. The molecule has 0 amide bonds. The van der Waals surface area contributed by atoms with Crippen molar-refractivity contribution in [1.29, 1.82) is 0 Å². The van der Waals surface area contributed by atoms with Gasteiger partial charge in [0.25, 0.3) is 0 Å². The molecule has 144 valence electrons. The molecule has 0 nitrogen and oxygen atoms in total. The maximum Gasteiger partial charge on any atom is -1.00 e. The van der Waals surface area contributed by atoms with Gasteiger partial charge in [-0.1, -0.05) is 0 Å². The average Bonchev–Trinajstić information content (AvgIpc) is 2.95. The van der Waals surface area contributed by atoms with E-state index < -0.39 is 8.80 Å². The van der Waals surface area contributed by atoms with Crippen LogP contribution >= 0.6 is 0 Å². The van der Waals surface area contributed by atoms with Crippen molar-refractivity contribution in [2.75, 3.05) is 0 Å². The first kappa shape index (κ1) is 28.7. The molecule has 0 aliphatic heterocycles. The summed E-state index contributed by atoms with van der Waals surface area (Å²) >= 11 is 2.35. The minimum Gasteiger partial charge on any atom is -1.00 e. The number of hydrogen-bond acceptors (Lipinski definition) is 0. The minimum atomic E-state index is -1.10. The van der Waals surface area contributed by atoms with E-state index in [1.54, 1.807) is 25.4 Å². The maximum atomic E-state index is 2.46. The third-order valence-corrected chi connectivity index (χ3v) is 10.9. The summed E-state index contributed by atoms with van der Waals surface area (Å²) in [5.41, 5.74) is 7.71. The summed E-state index contributed by atoms with van der Waals surface area (Å²) in [5.74, 6) is 0. The monoisotopic (exact) mass is 464 g/mol. The number of halogens is 3. The van der Waals surface area contributed by atoms with Crippen LogP contribution < -0.4 is 42.4 Å². The maximum absolute atomic E-state index is 2.46. The van der Waals surface area contributed by atoms with Crippen LogP contribution in [-0.4, -0.2) is 8.80 Å². The molecule has 0 aromatic heterocycles. The summed E-state index contributed by atoms with van der Waals surface area (Å²) in [4.78, 5) is 0. The zero-order chi connectivity index (χ0) is 17.1. The van der Waals surface area contributed by atoms with Crippen LogP contribution in [0, 0.1) is 34.6 Å². The van der Waals surface area contributed by atoms with Crippen LogP contribution in [0.25, 0.3) is 0 Å². The van der Waals surface area contributed by atoms with Gasteiger partial charge in [0.15, 0.2) is 0 Å². The molecule has 0 heterocycles. The van der Waals surface area contributed by atoms with Crippen molar-refractivity contribution in [1.82, 2.24) is 0 Å². The summed E-state index contributed by atoms with van der Waals surface area (Å²) in [6.45, 7) is 14.0. The quantitative estimate of drug-likeness (QED) is 0.298. The van der Waals surface area contributed by atoms with Crippen molar-refractivity contribution in [3.63, 3.8) is 0 Å². The van der Waals surface area contributed by atoms with Crippen LogP contribution in [0.2, 0.25) is 6.04 Å². The second-order valence-electron chi connectivity index (χ2n) is 7.13. The number of unbranched alkanes of at least 4 members (excludes halogenated alkanes) is 2. The van der Waals surface area contributed by atoms with Crippen molar-refractivity contribution in [3.8, 4) is 0 Å². The molecule has 1 aliphatic rings. The van der Waals surface area contributed by atoms with Gasteiger partial charge in [-0.25, -0.2) is 0 Å². The van der Waals surface area contributed by atoms with Gasteiger partial charge in [0.1, 0.15) is 0 Å². The Balaban J connectivity index is 0.